The van der Waals surface area contributed by atoms with Crippen molar-refractivity contribution in [2.75, 3.05) is 40.8 Å². The van der Waals surface area contributed by atoms with Crippen molar-refractivity contribution in [2.45, 2.75) is 88.4 Å². The normalized spacial score (nSPS) is 20.6. The number of hydrogen-bond donors (Lipinski definition) is 2. The molecule has 2 aliphatic heterocycles. The lowest BCUT2D eigenvalue weighted by atomic mass is 9.80. The molecule has 252 valence electrons. The first-order valence-corrected chi connectivity index (χ1v) is 16.3. The highest BCUT2D eigenvalue weighted by atomic mass is 35.5. The Labute approximate surface area is 278 Å². The number of amides is 3. The molecule has 1 atom stereocenters. The van der Waals surface area contributed by atoms with Gasteiger partial charge in [-0.05, 0) is 68.0 Å². The number of likely N-dealkylation sites (tertiary alicyclic amines) is 1. The standard InChI is InChI=1S/C35H48N4O6.ClH/c1-5-6-19-39-32(41)28(23-34(43)15-7-8-16-34)36-33(42)35(39)17-20-38(21-18-35)24-25-9-12-27(13-10-25)45-29-14-11-26(22-30(29)44-4)31(40)37(2)3;/h9-14,22,28,43H,5-8,15-21,23-24H2,1-4H3,(H,36,42);1H/t28-;/m1./s1. The number of carbonyl (C=O) groups is 3. The molecule has 2 heterocycles. The van der Waals surface area contributed by atoms with Crippen LogP contribution in [0.5, 0.6) is 17.2 Å². The van der Waals surface area contributed by atoms with Crippen LogP contribution in [-0.4, -0.2) is 95.5 Å². The van der Waals surface area contributed by atoms with Gasteiger partial charge in [0, 0.05) is 52.3 Å². The number of nitrogens with zero attached hydrogens (tertiary/aromatic N) is 3. The smallest absolute Gasteiger partial charge is 0.253 e. The van der Waals surface area contributed by atoms with Gasteiger partial charge in [-0.25, -0.2) is 0 Å². The Bertz CT molecular complexity index is 1370. The molecular formula is C35H49ClN4O6. The van der Waals surface area contributed by atoms with Gasteiger partial charge in [0.1, 0.15) is 17.3 Å². The van der Waals surface area contributed by atoms with Gasteiger partial charge in [0.05, 0.1) is 12.7 Å². The summed E-state index contributed by atoms with van der Waals surface area (Å²) < 4.78 is 11.6. The van der Waals surface area contributed by atoms with E-state index in [1.54, 1.807) is 39.4 Å². The van der Waals surface area contributed by atoms with Gasteiger partial charge in [-0.15, -0.1) is 12.4 Å². The Kier molecular flexibility index (Phi) is 11.6. The van der Waals surface area contributed by atoms with E-state index in [1.165, 1.54) is 4.90 Å². The summed E-state index contributed by atoms with van der Waals surface area (Å²) in [5.74, 6) is 1.44. The highest BCUT2D eigenvalue weighted by molar-refractivity contribution is 6.00. The van der Waals surface area contributed by atoms with Crippen LogP contribution in [0.3, 0.4) is 0 Å². The van der Waals surface area contributed by atoms with Crippen molar-refractivity contribution in [3.8, 4) is 17.2 Å². The fraction of sp³-hybridized carbons (Fsp3) is 0.571. The molecule has 1 spiro atoms. The summed E-state index contributed by atoms with van der Waals surface area (Å²) in [5, 5.41) is 14.0. The van der Waals surface area contributed by atoms with E-state index >= 15 is 0 Å². The first-order valence-electron chi connectivity index (χ1n) is 16.3. The summed E-state index contributed by atoms with van der Waals surface area (Å²) >= 11 is 0. The van der Waals surface area contributed by atoms with E-state index in [4.69, 9.17) is 9.47 Å². The third kappa shape index (κ3) is 7.61. The van der Waals surface area contributed by atoms with E-state index in [1.807, 2.05) is 29.2 Å². The van der Waals surface area contributed by atoms with Crippen molar-refractivity contribution in [2.24, 2.45) is 0 Å². The number of piperidine rings is 1. The van der Waals surface area contributed by atoms with Crippen LogP contribution in [0.25, 0.3) is 0 Å². The fourth-order valence-corrected chi connectivity index (χ4v) is 7.04. The van der Waals surface area contributed by atoms with Gasteiger partial charge in [0.25, 0.3) is 5.91 Å². The largest absolute Gasteiger partial charge is 0.493 e. The predicted molar refractivity (Wildman–Crippen MR) is 179 cm³/mol. The van der Waals surface area contributed by atoms with Gasteiger partial charge in [-0.3, -0.25) is 19.3 Å². The summed E-state index contributed by atoms with van der Waals surface area (Å²) in [6, 6.07) is 12.4. The summed E-state index contributed by atoms with van der Waals surface area (Å²) in [7, 11) is 4.96. The summed E-state index contributed by atoms with van der Waals surface area (Å²) in [5.41, 5.74) is -0.0503. The number of nitrogens with one attached hydrogen (secondary N) is 1. The number of rotatable bonds is 11. The van der Waals surface area contributed by atoms with Crippen molar-refractivity contribution in [3.63, 3.8) is 0 Å². The van der Waals surface area contributed by atoms with Gasteiger partial charge in [-0.1, -0.05) is 38.3 Å². The van der Waals surface area contributed by atoms with Gasteiger partial charge >= 0.3 is 0 Å². The molecule has 2 aromatic carbocycles. The first kappa shape index (κ1) is 35.5. The second-order valence-corrected chi connectivity index (χ2v) is 13.1. The molecule has 0 aromatic heterocycles. The van der Waals surface area contributed by atoms with Gasteiger partial charge in [0.2, 0.25) is 11.8 Å². The van der Waals surface area contributed by atoms with E-state index in [0.717, 1.165) is 37.8 Å². The van der Waals surface area contributed by atoms with Crippen LogP contribution in [0, 0.1) is 0 Å². The first-order chi connectivity index (χ1) is 21.6. The van der Waals surface area contributed by atoms with E-state index in [9.17, 15) is 19.5 Å². The molecule has 2 saturated heterocycles. The molecule has 3 fully saturated rings. The van der Waals surface area contributed by atoms with Crippen LogP contribution in [0.2, 0.25) is 0 Å². The van der Waals surface area contributed by atoms with E-state index in [0.29, 0.717) is 74.6 Å². The molecule has 1 aliphatic carbocycles. The minimum atomic E-state index is -0.860. The number of carbonyl (C=O) groups excluding carboxylic acids is 3. The van der Waals surface area contributed by atoms with Crippen LogP contribution in [0.1, 0.15) is 80.6 Å². The maximum absolute atomic E-state index is 13.8. The van der Waals surface area contributed by atoms with Crippen molar-refractivity contribution < 1.29 is 29.0 Å². The van der Waals surface area contributed by atoms with E-state index in [2.05, 4.69) is 17.1 Å². The Balaban J connectivity index is 0.00000480. The second-order valence-electron chi connectivity index (χ2n) is 13.1. The molecular weight excluding hydrogens is 608 g/mol. The van der Waals surface area contributed by atoms with Gasteiger partial charge in [-0.2, -0.15) is 0 Å². The molecule has 10 nitrogen and oxygen atoms in total. The zero-order valence-electron chi connectivity index (χ0n) is 27.5. The number of hydrogen-bond acceptors (Lipinski definition) is 7. The van der Waals surface area contributed by atoms with E-state index in [-0.39, 0.29) is 30.1 Å². The quantitative estimate of drug-likeness (QED) is 0.359. The number of ether oxygens (including phenoxy) is 2. The van der Waals surface area contributed by atoms with E-state index < -0.39 is 17.2 Å². The van der Waals surface area contributed by atoms with Crippen molar-refractivity contribution in [3.05, 3.63) is 53.6 Å². The lowest BCUT2D eigenvalue weighted by Crippen LogP contribution is -2.73. The molecule has 1 saturated carbocycles. The Morgan fingerprint density at radius 2 is 1.70 bits per heavy atom. The predicted octanol–water partition coefficient (Wildman–Crippen LogP) is 4.77. The highest BCUT2D eigenvalue weighted by Gasteiger charge is 2.54. The molecule has 0 radical (unpaired) electrons. The zero-order valence-corrected chi connectivity index (χ0v) is 28.4. The molecule has 46 heavy (non-hydrogen) atoms. The molecule has 0 bridgehead atoms. The van der Waals surface area contributed by atoms with Gasteiger partial charge < -0.3 is 29.7 Å². The minimum Gasteiger partial charge on any atom is -0.493 e. The van der Waals surface area contributed by atoms with Crippen LogP contribution in [0.15, 0.2) is 42.5 Å². The average Bonchev–Trinajstić information content (AvgIpc) is 3.47. The Hall–Kier alpha value is -3.34. The maximum Gasteiger partial charge on any atom is 0.253 e. The third-order valence-corrected chi connectivity index (χ3v) is 9.72. The van der Waals surface area contributed by atoms with Crippen LogP contribution in [-0.2, 0) is 16.1 Å². The van der Waals surface area contributed by atoms with Crippen molar-refractivity contribution >= 4 is 30.1 Å². The Morgan fingerprint density at radius 3 is 2.30 bits per heavy atom. The second kappa shape index (κ2) is 15.0. The SMILES string of the molecule is CCCCN1C(=O)[C@@H](CC2(O)CCCC2)NC(=O)C12CCN(Cc1ccc(Oc3ccc(C(=O)N(C)C)cc3OC)cc1)CC2.Cl. The average molecular weight is 657 g/mol. The van der Waals surface area contributed by atoms with Crippen LogP contribution in [0.4, 0.5) is 0 Å². The lowest BCUT2D eigenvalue weighted by Gasteiger charge is -2.52. The summed E-state index contributed by atoms with van der Waals surface area (Å²) in [6.07, 6.45) is 6.56. The molecule has 11 heteroatoms. The Morgan fingerprint density at radius 1 is 1.02 bits per heavy atom. The van der Waals surface area contributed by atoms with Crippen molar-refractivity contribution in [1.82, 2.24) is 20.0 Å². The zero-order chi connectivity index (χ0) is 32.2. The topological polar surface area (TPSA) is 112 Å². The summed E-state index contributed by atoms with van der Waals surface area (Å²) in [4.78, 5) is 45.5. The lowest BCUT2D eigenvalue weighted by molar-refractivity contribution is -0.163. The molecule has 2 N–H and O–H groups in total. The molecule has 0 unspecified atom stereocenters. The minimum absolute atomic E-state index is 0. The number of aliphatic hydroxyl groups is 1. The van der Waals surface area contributed by atoms with Gasteiger partial charge in [0.15, 0.2) is 11.5 Å². The maximum atomic E-state index is 13.8. The molecule has 3 amide bonds. The third-order valence-electron chi connectivity index (χ3n) is 9.72. The number of benzene rings is 2. The van der Waals surface area contributed by atoms with Crippen LogP contribution >= 0.6 is 12.4 Å². The summed E-state index contributed by atoms with van der Waals surface area (Å²) in [6.45, 7) is 4.79. The molecule has 3 aliphatic rings. The number of unbranched alkanes of at least 4 members (excludes halogenated alkanes) is 1. The number of halogens is 1. The monoisotopic (exact) mass is 656 g/mol. The number of piperazine rings is 1. The highest BCUT2D eigenvalue weighted by Crippen LogP contribution is 2.38. The van der Waals surface area contributed by atoms with Crippen LogP contribution < -0.4 is 14.8 Å². The van der Waals surface area contributed by atoms with Crippen molar-refractivity contribution in [1.29, 1.82) is 0 Å². The molecule has 5 rings (SSSR count). The molecule has 2 aromatic rings. The number of methoxy groups -OCH3 is 1. The fourth-order valence-electron chi connectivity index (χ4n) is 7.04.